The summed E-state index contributed by atoms with van der Waals surface area (Å²) >= 11 is 3.48. The van der Waals surface area contributed by atoms with Gasteiger partial charge in [0.25, 0.3) is 0 Å². The molecule has 0 spiro atoms. The van der Waals surface area contributed by atoms with E-state index >= 15 is 0 Å². The Morgan fingerprint density at radius 1 is 1.21 bits per heavy atom. The van der Waals surface area contributed by atoms with Crippen molar-refractivity contribution in [1.29, 1.82) is 0 Å². The fourth-order valence-electron chi connectivity index (χ4n) is 2.03. The summed E-state index contributed by atoms with van der Waals surface area (Å²) in [5, 5.41) is 0. The van der Waals surface area contributed by atoms with E-state index in [1.807, 2.05) is 36.4 Å². The van der Waals surface area contributed by atoms with Crippen LogP contribution in [0.1, 0.15) is 17.2 Å². The van der Waals surface area contributed by atoms with E-state index in [-0.39, 0.29) is 6.04 Å². The highest BCUT2D eigenvalue weighted by Crippen LogP contribution is 2.23. The van der Waals surface area contributed by atoms with Crippen molar-refractivity contribution in [2.45, 2.75) is 12.5 Å². The number of halogens is 1. The summed E-state index contributed by atoms with van der Waals surface area (Å²) in [6, 6.07) is 16.2. The molecule has 19 heavy (non-hydrogen) atoms. The van der Waals surface area contributed by atoms with Gasteiger partial charge in [0, 0.05) is 4.47 Å². The number of hydrazine groups is 1. The SMILES string of the molecule is COc1cccc(C(Cc2cccc(Br)c2)NN)c1. The van der Waals surface area contributed by atoms with Gasteiger partial charge in [0.05, 0.1) is 13.2 Å². The summed E-state index contributed by atoms with van der Waals surface area (Å²) in [6.45, 7) is 0. The Hall–Kier alpha value is -1.36. The predicted octanol–water partition coefficient (Wildman–Crippen LogP) is 3.20. The lowest BCUT2D eigenvalue weighted by Gasteiger charge is -2.17. The normalized spacial score (nSPS) is 12.2. The molecule has 3 N–H and O–H groups in total. The molecule has 100 valence electrons. The van der Waals surface area contributed by atoms with E-state index < -0.39 is 0 Å². The van der Waals surface area contributed by atoms with Crippen molar-refractivity contribution in [1.82, 2.24) is 5.43 Å². The van der Waals surface area contributed by atoms with Crippen molar-refractivity contribution in [3.63, 3.8) is 0 Å². The molecule has 2 rings (SSSR count). The van der Waals surface area contributed by atoms with Gasteiger partial charge < -0.3 is 4.74 Å². The third-order valence-corrected chi connectivity index (χ3v) is 3.52. The summed E-state index contributed by atoms with van der Waals surface area (Å²) in [6.07, 6.45) is 0.823. The highest BCUT2D eigenvalue weighted by atomic mass is 79.9. The molecule has 0 aliphatic rings. The van der Waals surface area contributed by atoms with Gasteiger partial charge in [-0.2, -0.15) is 0 Å². The summed E-state index contributed by atoms with van der Waals surface area (Å²) in [5.41, 5.74) is 5.20. The lowest BCUT2D eigenvalue weighted by atomic mass is 9.99. The van der Waals surface area contributed by atoms with E-state index in [1.54, 1.807) is 7.11 Å². The van der Waals surface area contributed by atoms with Gasteiger partial charge in [-0.15, -0.1) is 0 Å². The second-order valence-electron chi connectivity index (χ2n) is 4.33. The standard InChI is InChI=1S/C15H17BrN2O/c1-19-14-7-3-5-12(10-14)15(18-17)9-11-4-2-6-13(16)8-11/h2-8,10,15,18H,9,17H2,1H3. The lowest BCUT2D eigenvalue weighted by molar-refractivity contribution is 0.413. The maximum absolute atomic E-state index is 5.68. The molecular formula is C15H17BrN2O. The minimum atomic E-state index is 0.0596. The molecule has 1 unspecified atom stereocenters. The minimum absolute atomic E-state index is 0.0596. The van der Waals surface area contributed by atoms with Crippen molar-refractivity contribution < 1.29 is 4.74 Å². The summed E-state index contributed by atoms with van der Waals surface area (Å²) < 4.78 is 6.32. The molecule has 0 aliphatic heterocycles. The number of nitrogens with one attached hydrogen (secondary N) is 1. The number of benzene rings is 2. The van der Waals surface area contributed by atoms with Crippen LogP contribution in [0.15, 0.2) is 53.0 Å². The largest absolute Gasteiger partial charge is 0.497 e. The number of methoxy groups -OCH3 is 1. The highest BCUT2D eigenvalue weighted by Gasteiger charge is 2.11. The Morgan fingerprint density at radius 2 is 2.00 bits per heavy atom. The minimum Gasteiger partial charge on any atom is -0.497 e. The van der Waals surface area contributed by atoms with Crippen LogP contribution >= 0.6 is 15.9 Å². The Labute approximate surface area is 121 Å². The van der Waals surface area contributed by atoms with Crippen LogP contribution in [-0.4, -0.2) is 7.11 Å². The number of hydrogen-bond donors (Lipinski definition) is 2. The van der Waals surface area contributed by atoms with Gasteiger partial charge in [-0.25, -0.2) is 0 Å². The summed E-state index contributed by atoms with van der Waals surface area (Å²) in [4.78, 5) is 0. The van der Waals surface area contributed by atoms with Gasteiger partial charge in [-0.1, -0.05) is 40.2 Å². The zero-order valence-corrected chi connectivity index (χ0v) is 12.4. The molecule has 0 heterocycles. The quantitative estimate of drug-likeness (QED) is 0.657. The molecule has 3 nitrogen and oxygen atoms in total. The Morgan fingerprint density at radius 3 is 2.68 bits per heavy atom. The Bertz CT molecular complexity index is 545. The van der Waals surface area contributed by atoms with E-state index in [0.717, 1.165) is 22.2 Å². The molecule has 0 aliphatic carbocycles. The number of hydrogen-bond acceptors (Lipinski definition) is 3. The van der Waals surface area contributed by atoms with E-state index in [2.05, 4.69) is 33.5 Å². The molecular weight excluding hydrogens is 304 g/mol. The highest BCUT2D eigenvalue weighted by molar-refractivity contribution is 9.10. The van der Waals surface area contributed by atoms with Crippen LogP contribution in [0.2, 0.25) is 0 Å². The average Bonchev–Trinajstić information content (AvgIpc) is 2.45. The zero-order chi connectivity index (χ0) is 13.7. The number of nitrogens with two attached hydrogens (primary N) is 1. The molecule has 2 aromatic rings. The predicted molar refractivity (Wildman–Crippen MR) is 80.9 cm³/mol. The van der Waals surface area contributed by atoms with Gasteiger partial charge >= 0.3 is 0 Å². The molecule has 2 aromatic carbocycles. The first kappa shape index (κ1) is 14.1. The molecule has 0 fully saturated rings. The molecule has 0 aromatic heterocycles. The Balaban J connectivity index is 2.19. The monoisotopic (exact) mass is 320 g/mol. The summed E-state index contributed by atoms with van der Waals surface area (Å²) in [7, 11) is 1.66. The Kier molecular flexibility index (Phi) is 4.96. The molecule has 0 bridgehead atoms. The number of rotatable bonds is 5. The lowest BCUT2D eigenvalue weighted by Crippen LogP contribution is -2.29. The zero-order valence-electron chi connectivity index (χ0n) is 10.8. The van der Waals surface area contributed by atoms with Crippen LogP contribution in [0, 0.1) is 0 Å². The van der Waals surface area contributed by atoms with Crippen molar-refractivity contribution in [2.24, 2.45) is 5.84 Å². The topological polar surface area (TPSA) is 47.3 Å². The smallest absolute Gasteiger partial charge is 0.119 e. The van der Waals surface area contributed by atoms with Crippen molar-refractivity contribution in [3.05, 3.63) is 64.1 Å². The summed E-state index contributed by atoms with van der Waals surface area (Å²) in [5.74, 6) is 6.52. The van der Waals surface area contributed by atoms with Crippen LogP contribution in [0.5, 0.6) is 5.75 Å². The van der Waals surface area contributed by atoms with Gasteiger partial charge in [0.1, 0.15) is 5.75 Å². The van der Waals surface area contributed by atoms with Crippen molar-refractivity contribution >= 4 is 15.9 Å². The van der Waals surface area contributed by atoms with E-state index in [0.29, 0.717) is 0 Å². The van der Waals surface area contributed by atoms with Gasteiger partial charge in [-0.05, 0) is 41.8 Å². The third-order valence-electron chi connectivity index (χ3n) is 3.03. The van der Waals surface area contributed by atoms with Crippen LogP contribution in [-0.2, 0) is 6.42 Å². The molecule has 0 saturated heterocycles. The fraction of sp³-hybridized carbons (Fsp3) is 0.200. The second-order valence-corrected chi connectivity index (χ2v) is 5.25. The fourth-order valence-corrected chi connectivity index (χ4v) is 2.48. The maximum Gasteiger partial charge on any atom is 0.119 e. The van der Waals surface area contributed by atoms with Crippen molar-refractivity contribution in [2.75, 3.05) is 7.11 Å². The van der Waals surface area contributed by atoms with Crippen LogP contribution in [0.25, 0.3) is 0 Å². The second kappa shape index (κ2) is 6.70. The van der Waals surface area contributed by atoms with E-state index in [1.165, 1.54) is 5.56 Å². The molecule has 0 amide bonds. The van der Waals surface area contributed by atoms with Crippen LogP contribution in [0.3, 0.4) is 0 Å². The van der Waals surface area contributed by atoms with Crippen LogP contribution in [0.4, 0.5) is 0 Å². The van der Waals surface area contributed by atoms with Gasteiger partial charge in [0.2, 0.25) is 0 Å². The number of ether oxygens (including phenoxy) is 1. The molecule has 4 heteroatoms. The molecule has 1 atom stereocenters. The van der Waals surface area contributed by atoms with Gasteiger partial charge in [0.15, 0.2) is 0 Å². The van der Waals surface area contributed by atoms with Crippen molar-refractivity contribution in [3.8, 4) is 5.75 Å². The average molecular weight is 321 g/mol. The first-order valence-corrected chi connectivity index (χ1v) is 6.86. The van der Waals surface area contributed by atoms with E-state index in [9.17, 15) is 0 Å². The van der Waals surface area contributed by atoms with E-state index in [4.69, 9.17) is 10.6 Å². The first-order chi connectivity index (χ1) is 9.22. The van der Waals surface area contributed by atoms with Crippen LogP contribution < -0.4 is 16.0 Å². The first-order valence-electron chi connectivity index (χ1n) is 6.07. The maximum atomic E-state index is 5.68. The third kappa shape index (κ3) is 3.80. The molecule has 0 radical (unpaired) electrons. The molecule has 0 saturated carbocycles. The van der Waals surface area contributed by atoms with Gasteiger partial charge in [-0.3, -0.25) is 11.3 Å².